The minimum absolute atomic E-state index is 0.0130. The van der Waals surface area contributed by atoms with Crippen LogP contribution in [-0.4, -0.2) is 42.4 Å². The molecule has 0 fully saturated rings. The molecule has 0 radical (unpaired) electrons. The summed E-state index contributed by atoms with van der Waals surface area (Å²) >= 11 is 0. The number of hydrogen-bond acceptors (Lipinski definition) is 4. The van der Waals surface area contributed by atoms with Crippen molar-refractivity contribution in [1.82, 2.24) is 4.90 Å². The Hall–Kier alpha value is -1.78. The van der Waals surface area contributed by atoms with Crippen molar-refractivity contribution >= 4 is 0 Å². The molecule has 0 unspecified atom stereocenters. The third-order valence-electron chi connectivity index (χ3n) is 5.79. The topological polar surface area (TPSA) is 41.9 Å². The molecule has 1 aromatic carbocycles. The molecule has 4 rings (SSSR count). The molecule has 4 nitrogen and oxygen atoms in total. The third kappa shape index (κ3) is 2.68. The predicted molar refractivity (Wildman–Crippen MR) is 98.2 cm³/mol. The van der Waals surface area contributed by atoms with Gasteiger partial charge in [-0.15, -0.1) is 0 Å². The molecule has 0 bridgehead atoms. The smallest absolute Gasteiger partial charge is 0.166 e. The van der Waals surface area contributed by atoms with Gasteiger partial charge in [0.1, 0.15) is 6.10 Å². The summed E-state index contributed by atoms with van der Waals surface area (Å²) in [7, 11) is 1.69. The highest BCUT2D eigenvalue weighted by atomic mass is 16.5. The van der Waals surface area contributed by atoms with Gasteiger partial charge in [0, 0.05) is 31.6 Å². The molecule has 1 spiro atoms. The maximum Gasteiger partial charge on any atom is 0.166 e. The van der Waals surface area contributed by atoms with Crippen molar-refractivity contribution in [2.45, 2.75) is 50.9 Å². The highest BCUT2D eigenvalue weighted by molar-refractivity contribution is 5.61. The predicted octanol–water partition coefficient (Wildman–Crippen LogP) is 3.19. The van der Waals surface area contributed by atoms with Crippen LogP contribution in [0.15, 0.2) is 35.9 Å². The zero-order valence-corrected chi connectivity index (χ0v) is 15.3. The largest absolute Gasteiger partial charge is 0.493 e. The molecule has 134 valence electrons. The molecule has 1 aliphatic carbocycles. The van der Waals surface area contributed by atoms with Crippen molar-refractivity contribution in [3.8, 4) is 11.5 Å². The van der Waals surface area contributed by atoms with Crippen molar-refractivity contribution in [2.75, 3.05) is 20.2 Å². The third-order valence-corrected chi connectivity index (χ3v) is 5.79. The minimum atomic E-state index is -0.426. The number of aliphatic hydroxyl groups excluding tert-OH is 1. The molecule has 4 heteroatoms. The molecule has 25 heavy (non-hydrogen) atoms. The number of hydrogen-bond donors (Lipinski definition) is 1. The standard InChI is InChI=1S/C21H27NO3/c1-14(2)7-10-22-11-9-21-8-6-16(23)12-18(21)25-20-17(24-3)5-4-15(13-22)19(20)21/h4-8,16,18,23H,9-13H2,1-3H3/t16-,18+,21+/m1/s1. The number of rotatable bonds is 3. The number of allylic oxidation sites excluding steroid dienone is 1. The van der Waals surface area contributed by atoms with Gasteiger partial charge in [0.15, 0.2) is 11.5 Å². The van der Waals surface area contributed by atoms with E-state index < -0.39 is 6.10 Å². The van der Waals surface area contributed by atoms with E-state index in [0.717, 1.165) is 37.6 Å². The first-order chi connectivity index (χ1) is 12.0. The number of benzene rings is 1. The van der Waals surface area contributed by atoms with E-state index in [9.17, 15) is 5.11 Å². The quantitative estimate of drug-likeness (QED) is 0.858. The van der Waals surface area contributed by atoms with Crippen LogP contribution in [0.2, 0.25) is 0 Å². The summed E-state index contributed by atoms with van der Waals surface area (Å²) in [4.78, 5) is 2.50. The van der Waals surface area contributed by atoms with E-state index in [1.54, 1.807) is 7.11 Å². The Bertz CT molecular complexity index is 735. The normalized spacial score (nSPS) is 30.1. The Morgan fingerprint density at radius 3 is 3.04 bits per heavy atom. The van der Waals surface area contributed by atoms with Crippen LogP contribution < -0.4 is 9.47 Å². The summed E-state index contributed by atoms with van der Waals surface area (Å²) in [6, 6.07) is 4.20. The zero-order chi connectivity index (χ0) is 17.6. The lowest BCUT2D eigenvalue weighted by Gasteiger charge is -2.35. The van der Waals surface area contributed by atoms with Gasteiger partial charge in [-0.05, 0) is 31.9 Å². The lowest BCUT2D eigenvalue weighted by atomic mass is 9.69. The summed E-state index contributed by atoms with van der Waals surface area (Å²) in [5.41, 5.74) is 3.81. The fraction of sp³-hybridized carbons (Fsp3) is 0.524. The van der Waals surface area contributed by atoms with Gasteiger partial charge in [0.2, 0.25) is 0 Å². The summed E-state index contributed by atoms with van der Waals surface area (Å²) in [5.74, 6) is 1.68. The van der Waals surface area contributed by atoms with E-state index in [1.807, 2.05) is 12.1 Å². The number of methoxy groups -OCH3 is 1. The molecule has 1 aromatic rings. The van der Waals surface area contributed by atoms with Crippen molar-refractivity contribution in [1.29, 1.82) is 0 Å². The zero-order valence-electron chi connectivity index (χ0n) is 15.3. The molecule has 2 aliphatic heterocycles. The summed E-state index contributed by atoms with van der Waals surface area (Å²) < 4.78 is 11.9. The molecule has 0 saturated heterocycles. The Balaban J connectivity index is 1.80. The fourth-order valence-electron chi connectivity index (χ4n) is 4.46. The maximum atomic E-state index is 10.1. The average molecular weight is 341 g/mol. The summed E-state index contributed by atoms with van der Waals surface area (Å²) in [6.07, 6.45) is 7.65. The highest BCUT2D eigenvalue weighted by Crippen LogP contribution is 2.55. The van der Waals surface area contributed by atoms with Crippen molar-refractivity contribution in [3.63, 3.8) is 0 Å². The van der Waals surface area contributed by atoms with Gasteiger partial charge in [0.05, 0.1) is 18.6 Å². The Morgan fingerprint density at radius 2 is 2.28 bits per heavy atom. The first-order valence-electron chi connectivity index (χ1n) is 9.13. The van der Waals surface area contributed by atoms with Crippen LogP contribution >= 0.6 is 0 Å². The summed E-state index contributed by atoms with van der Waals surface area (Å²) in [5, 5.41) is 10.1. The van der Waals surface area contributed by atoms with Gasteiger partial charge in [-0.2, -0.15) is 0 Å². The Morgan fingerprint density at radius 1 is 1.44 bits per heavy atom. The van der Waals surface area contributed by atoms with Crippen LogP contribution in [0.5, 0.6) is 11.5 Å². The summed E-state index contributed by atoms with van der Waals surface area (Å²) in [6.45, 7) is 7.20. The maximum absolute atomic E-state index is 10.1. The Kier molecular flexibility index (Phi) is 4.13. The number of aliphatic hydroxyl groups is 1. The highest BCUT2D eigenvalue weighted by Gasteiger charge is 2.52. The lowest BCUT2D eigenvalue weighted by Crippen LogP contribution is -2.43. The molecular formula is C21H27NO3. The van der Waals surface area contributed by atoms with Gasteiger partial charge in [-0.3, -0.25) is 4.90 Å². The number of ether oxygens (including phenoxy) is 2. The minimum Gasteiger partial charge on any atom is -0.493 e. The second kappa shape index (κ2) is 6.19. The van der Waals surface area contributed by atoms with Crippen LogP contribution in [-0.2, 0) is 12.0 Å². The first-order valence-corrected chi connectivity index (χ1v) is 9.13. The van der Waals surface area contributed by atoms with Gasteiger partial charge in [-0.25, -0.2) is 0 Å². The van der Waals surface area contributed by atoms with Gasteiger partial charge < -0.3 is 14.6 Å². The molecule has 3 aliphatic rings. The molecular weight excluding hydrogens is 314 g/mol. The SMILES string of the molecule is COc1ccc2c3c1O[C@H]1C[C@H](O)C=C[C@@]31CCN(CC=C(C)C)C2. The van der Waals surface area contributed by atoms with Gasteiger partial charge in [-0.1, -0.05) is 29.9 Å². The molecule has 0 aromatic heterocycles. The molecule has 0 amide bonds. The first kappa shape index (κ1) is 16.7. The molecule has 3 atom stereocenters. The number of nitrogens with zero attached hydrogens (tertiary/aromatic N) is 1. The van der Waals surface area contributed by atoms with Gasteiger partial charge >= 0.3 is 0 Å². The second-order valence-electron chi connectivity index (χ2n) is 7.71. The van der Waals surface area contributed by atoms with Gasteiger partial charge in [0.25, 0.3) is 0 Å². The molecule has 1 N–H and O–H groups in total. The molecule has 2 heterocycles. The van der Waals surface area contributed by atoms with Crippen molar-refractivity contribution < 1.29 is 14.6 Å². The van der Waals surface area contributed by atoms with Crippen LogP contribution in [0.1, 0.15) is 37.8 Å². The van der Waals surface area contributed by atoms with E-state index in [-0.39, 0.29) is 11.5 Å². The average Bonchev–Trinajstić information content (AvgIpc) is 2.82. The van der Waals surface area contributed by atoms with Crippen LogP contribution in [0.3, 0.4) is 0 Å². The van der Waals surface area contributed by atoms with E-state index in [1.165, 1.54) is 16.7 Å². The van der Waals surface area contributed by atoms with Crippen molar-refractivity contribution in [3.05, 3.63) is 47.1 Å². The van der Waals surface area contributed by atoms with Crippen LogP contribution in [0.25, 0.3) is 0 Å². The molecule has 0 saturated carbocycles. The fourth-order valence-corrected chi connectivity index (χ4v) is 4.46. The van der Waals surface area contributed by atoms with E-state index in [4.69, 9.17) is 9.47 Å². The Labute approximate surface area is 149 Å². The van der Waals surface area contributed by atoms with E-state index in [2.05, 4.69) is 37.0 Å². The lowest BCUT2D eigenvalue weighted by molar-refractivity contribution is 0.0816. The van der Waals surface area contributed by atoms with E-state index in [0.29, 0.717) is 6.42 Å². The van der Waals surface area contributed by atoms with Crippen molar-refractivity contribution in [2.24, 2.45) is 0 Å². The van der Waals surface area contributed by atoms with E-state index >= 15 is 0 Å². The monoisotopic (exact) mass is 341 g/mol. The van der Waals surface area contributed by atoms with Crippen LogP contribution in [0, 0.1) is 0 Å². The second-order valence-corrected chi connectivity index (χ2v) is 7.71. The van der Waals surface area contributed by atoms with Crippen LogP contribution in [0.4, 0.5) is 0 Å².